The van der Waals surface area contributed by atoms with Gasteiger partial charge in [0.15, 0.2) is 0 Å². The molecule has 0 heterocycles. The SMILES string of the molecule is COc1ccc(S(=O)(=O)C(=[N+]=[N-])S(=O)(=O)c2ccc(OC)cc2OC)c(OC)c1. The van der Waals surface area contributed by atoms with Gasteiger partial charge in [-0.2, -0.15) is 0 Å². The Labute approximate surface area is 168 Å². The minimum atomic E-state index is -4.82. The highest BCUT2D eigenvalue weighted by Crippen LogP contribution is 2.34. The summed E-state index contributed by atoms with van der Waals surface area (Å²) in [4.78, 5) is 1.54. The van der Waals surface area contributed by atoms with Crippen LogP contribution in [0, 0.1) is 0 Å². The van der Waals surface area contributed by atoms with E-state index in [1.807, 2.05) is 0 Å². The lowest BCUT2D eigenvalue weighted by Gasteiger charge is -2.11. The van der Waals surface area contributed by atoms with Crippen LogP contribution in [0.15, 0.2) is 46.2 Å². The maximum atomic E-state index is 13.0. The normalized spacial score (nSPS) is 11.3. The topological polar surface area (TPSA) is 142 Å². The summed E-state index contributed by atoms with van der Waals surface area (Å²) >= 11 is 0. The summed E-state index contributed by atoms with van der Waals surface area (Å²) < 4.78 is 70.7. The number of hydrogen-bond donors (Lipinski definition) is 0. The van der Waals surface area contributed by atoms with Gasteiger partial charge in [-0.15, -0.1) is 4.79 Å². The molecule has 0 N–H and O–H groups in total. The van der Waals surface area contributed by atoms with Gasteiger partial charge in [0.05, 0.1) is 28.4 Å². The Hall–Kier alpha value is -3.08. The van der Waals surface area contributed by atoms with Gasteiger partial charge in [-0.25, -0.2) is 16.8 Å². The zero-order valence-electron chi connectivity index (χ0n) is 15.9. The second-order valence-corrected chi connectivity index (χ2v) is 9.33. The Morgan fingerprint density at radius 1 is 0.724 bits per heavy atom. The molecule has 0 unspecified atom stereocenters. The number of rotatable bonds is 6. The average molecular weight is 442 g/mol. The Bertz CT molecular complexity index is 1100. The molecule has 0 aliphatic heterocycles. The highest BCUT2D eigenvalue weighted by atomic mass is 32.3. The first-order chi connectivity index (χ1) is 13.7. The maximum Gasteiger partial charge on any atom is 0.504 e. The number of nitrogens with zero attached hydrogens (tertiary/aromatic N) is 2. The molecule has 29 heavy (non-hydrogen) atoms. The molecule has 2 aromatic rings. The van der Waals surface area contributed by atoms with Crippen LogP contribution in [0.3, 0.4) is 0 Å². The Morgan fingerprint density at radius 2 is 1.10 bits per heavy atom. The third-order valence-corrected chi connectivity index (χ3v) is 8.09. The lowest BCUT2D eigenvalue weighted by molar-refractivity contribution is 0.00378. The molecule has 0 saturated heterocycles. The summed E-state index contributed by atoms with van der Waals surface area (Å²) in [6, 6.07) is 7.26. The molecule has 0 amide bonds. The van der Waals surface area contributed by atoms with E-state index in [1.165, 1.54) is 52.7 Å². The highest BCUT2D eigenvalue weighted by molar-refractivity contribution is 8.31. The highest BCUT2D eigenvalue weighted by Gasteiger charge is 2.46. The number of ether oxygens (including phenoxy) is 4. The molecular formula is C17H18N2O8S2. The van der Waals surface area contributed by atoms with E-state index in [0.717, 1.165) is 12.1 Å². The van der Waals surface area contributed by atoms with Crippen LogP contribution in [-0.4, -0.2) is 54.4 Å². The van der Waals surface area contributed by atoms with E-state index in [2.05, 4.69) is 4.79 Å². The fourth-order valence-corrected chi connectivity index (χ4v) is 6.03. The third-order valence-electron chi connectivity index (χ3n) is 3.86. The van der Waals surface area contributed by atoms with Crippen molar-refractivity contribution in [3.8, 4) is 23.0 Å². The number of sulfone groups is 2. The van der Waals surface area contributed by atoms with Gasteiger partial charge in [-0.3, -0.25) is 0 Å². The molecule has 0 aliphatic carbocycles. The van der Waals surface area contributed by atoms with Crippen molar-refractivity contribution < 1.29 is 40.6 Å². The van der Waals surface area contributed by atoms with E-state index in [4.69, 9.17) is 18.9 Å². The Morgan fingerprint density at radius 3 is 1.38 bits per heavy atom. The van der Waals surface area contributed by atoms with Gasteiger partial charge < -0.3 is 24.5 Å². The van der Waals surface area contributed by atoms with E-state index in [1.54, 1.807) is 0 Å². The molecule has 0 aliphatic rings. The zero-order valence-corrected chi connectivity index (χ0v) is 17.6. The first-order valence-electron chi connectivity index (χ1n) is 7.83. The fraction of sp³-hybridized carbons (Fsp3) is 0.235. The quantitative estimate of drug-likeness (QED) is 0.284. The van der Waals surface area contributed by atoms with Crippen LogP contribution in [0.25, 0.3) is 5.53 Å². The molecule has 0 bridgehead atoms. The molecule has 0 saturated carbocycles. The van der Waals surface area contributed by atoms with Gasteiger partial charge in [-0.1, -0.05) is 0 Å². The van der Waals surface area contributed by atoms with Gasteiger partial charge in [-0.05, 0) is 24.3 Å². The second-order valence-electron chi connectivity index (χ2n) is 5.41. The monoisotopic (exact) mass is 442 g/mol. The molecule has 156 valence electrons. The van der Waals surface area contributed by atoms with Gasteiger partial charge >= 0.3 is 4.38 Å². The van der Waals surface area contributed by atoms with E-state index in [-0.39, 0.29) is 23.0 Å². The molecule has 0 fully saturated rings. The predicted molar refractivity (Wildman–Crippen MR) is 102 cm³/mol. The van der Waals surface area contributed by atoms with E-state index < -0.39 is 33.8 Å². The summed E-state index contributed by atoms with van der Waals surface area (Å²) in [5, 5.41) is 0. The van der Waals surface area contributed by atoms with Gasteiger partial charge in [0, 0.05) is 12.1 Å². The van der Waals surface area contributed by atoms with E-state index in [0.29, 0.717) is 0 Å². The summed E-state index contributed by atoms with van der Waals surface area (Å²) in [5.74, 6) is 0.177. The summed E-state index contributed by atoms with van der Waals surface area (Å²) in [5.41, 5.74) is 9.35. The van der Waals surface area contributed by atoms with Crippen LogP contribution < -0.4 is 18.9 Å². The van der Waals surface area contributed by atoms with Gasteiger partial charge in [0.1, 0.15) is 32.8 Å². The van der Waals surface area contributed by atoms with Crippen molar-refractivity contribution in [3.63, 3.8) is 0 Å². The number of methoxy groups -OCH3 is 4. The van der Waals surface area contributed by atoms with Crippen LogP contribution in [0.4, 0.5) is 0 Å². The molecule has 0 aromatic heterocycles. The van der Waals surface area contributed by atoms with Crippen LogP contribution in [0.1, 0.15) is 0 Å². The van der Waals surface area contributed by atoms with Crippen molar-refractivity contribution in [2.45, 2.75) is 9.79 Å². The standard InChI is InChI=1S/C17H18N2O8S2/c1-24-11-5-7-15(13(9-11)26-3)28(20,21)17(19-18)29(22,23)16-8-6-12(25-2)10-14(16)27-4/h5-10H,1-4H3. The summed E-state index contributed by atoms with van der Waals surface area (Å²) in [7, 11) is -4.51. The van der Waals surface area contributed by atoms with Crippen molar-refractivity contribution in [1.29, 1.82) is 0 Å². The largest absolute Gasteiger partial charge is 0.504 e. The van der Waals surface area contributed by atoms with Crippen molar-refractivity contribution >= 4 is 24.1 Å². The Balaban J connectivity index is 2.72. The predicted octanol–water partition coefficient (Wildman–Crippen LogP) is 1.55. The van der Waals surface area contributed by atoms with Crippen molar-refractivity contribution in [2.24, 2.45) is 0 Å². The molecule has 10 nitrogen and oxygen atoms in total. The van der Waals surface area contributed by atoms with E-state index in [9.17, 15) is 22.4 Å². The first-order valence-corrected chi connectivity index (χ1v) is 10.8. The summed E-state index contributed by atoms with van der Waals surface area (Å²) in [6.45, 7) is 0. The van der Waals surface area contributed by atoms with Crippen LogP contribution in [-0.2, 0) is 19.7 Å². The van der Waals surface area contributed by atoms with Crippen molar-refractivity contribution in [3.05, 3.63) is 41.9 Å². The van der Waals surface area contributed by atoms with Gasteiger partial charge in [0.2, 0.25) is 0 Å². The van der Waals surface area contributed by atoms with Gasteiger partial charge in [0.25, 0.3) is 19.7 Å². The molecule has 0 atom stereocenters. The summed E-state index contributed by atoms with van der Waals surface area (Å²) in [6.07, 6.45) is 0. The molecule has 12 heteroatoms. The molecule has 0 spiro atoms. The fourth-order valence-electron chi connectivity index (χ4n) is 2.43. The minimum absolute atomic E-state index is 0.192. The molecule has 2 aromatic carbocycles. The second kappa shape index (κ2) is 8.52. The molecule has 0 radical (unpaired) electrons. The van der Waals surface area contributed by atoms with Crippen LogP contribution in [0.2, 0.25) is 0 Å². The lowest BCUT2D eigenvalue weighted by Crippen LogP contribution is -2.27. The smallest absolute Gasteiger partial charge is 0.497 e. The van der Waals surface area contributed by atoms with Crippen molar-refractivity contribution in [1.82, 2.24) is 0 Å². The zero-order chi connectivity index (χ0) is 21.8. The van der Waals surface area contributed by atoms with E-state index >= 15 is 0 Å². The third kappa shape index (κ3) is 4.04. The van der Waals surface area contributed by atoms with Crippen LogP contribution >= 0.6 is 0 Å². The average Bonchev–Trinajstić information content (AvgIpc) is 2.72. The number of hydrogen-bond acceptors (Lipinski definition) is 8. The Kier molecular flexibility index (Phi) is 6.52. The molecule has 2 rings (SSSR count). The maximum absolute atomic E-state index is 13.0. The lowest BCUT2D eigenvalue weighted by atomic mass is 10.3. The van der Waals surface area contributed by atoms with Crippen LogP contribution in [0.5, 0.6) is 23.0 Å². The first kappa shape index (κ1) is 22.2. The molecular weight excluding hydrogens is 424 g/mol. The van der Waals surface area contributed by atoms with Crippen molar-refractivity contribution in [2.75, 3.05) is 28.4 Å². The minimum Gasteiger partial charge on any atom is -0.497 e. The number of benzene rings is 2.